The van der Waals surface area contributed by atoms with E-state index in [4.69, 9.17) is 0 Å². The van der Waals surface area contributed by atoms with Crippen molar-refractivity contribution < 1.29 is 36.2 Å². The van der Waals surface area contributed by atoms with Crippen LogP contribution in [0.5, 0.6) is 0 Å². The summed E-state index contributed by atoms with van der Waals surface area (Å²) in [5.41, 5.74) is 0. The summed E-state index contributed by atoms with van der Waals surface area (Å²) in [6.07, 6.45) is -6.20. The predicted octanol–water partition coefficient (Wildman–Crippen LogP) is 2.01. The third kappa shape index (κ3) is 2.23. The van der Waals surface area contributed by atoms with E-state index in [1.54, 1.807) is 0 Å². The maximum atomic E-state index is 11.6. The van der Waals surface area contributed by atoms with E-state index in [-0.39, 0.29) is 5.48 Å². The van der Waals surface area contributed by atoms with Crippen LogP contribution >= 0.6 is 0 Å². The van der Waals surface area contributed by atoms with E-state index in [0.717, 1.165) is 0 Å². The van der Waals surface area contributed by atoms with Gasteiger partial charge in [-0.2, -0.15) is 30.7 Å². The fourth-order valence-corrected chi connectivity index (χ4v) is 0.249. The summed E-state index contributed by atoms with van der Waals surface area (Å²) in [6.45, 7) is -0.486. The summed E-state index contributed by atoms with van der Waals surface area (Å²) in [5.74, 6) is -11.0. The van der Waals surface area contributed by atoms with Crippen LogP contribution in [0.2, 0.25) is 0 Å². The van der Waals surface area contributed by atoms with E-state index < -0.39 is 24.9 Å². The molecule has 0 aliphatic heterocycles. The van der Waals surface area contributed by atoms with Crippen molar-refractivity contribution in [3.63, 3.8) is 0 Å². The van der Waals surface area contributed by atoms with Gasteiger partial charge >= 0.3 is 18.0 Å². The normalized spacial score (nSPS) is 14.0. The number of alkyl halides is 7. The van der Waals surface area contributed by atoms with Gasteiger partial charge in [-0.05, 0) is 0 Å². The van der Waals surface area contributed by atoms with E-state index in [1.807, 2.05) is 0 Å². The van der Waals surface area contributed by atoms with Crippen LogP contribution in [0.25, 0.3) is 0 Å². The highest BCUT2D eigenvalue weighted by atomic mass is 19.4. The molecule has 0 saturated heterocycles. The minimum atomic E-state index is -6.20. The minimum Gasteiger partial charge on any atom is -0.412 e. The van der Waals surface area contributed by atoms with Crippen molar-refractivity contribution in [3.05, 3.63) is 0 Å². The molecule has 0 amide bonds. The zero-order valence-electron chi connectivity index (χ0n) is 5.65. The Morgan fingerprint density at radius 1 is 0.750 bits per heavy atom. The van der Waals surface area contributed by atoms with Crippen LogP contribution < -0.4 is 0 Å². The molecule has 0 saturated carbocycles. The van der Waals surface area contributed by atoms with Crippen LogP contribution in [0, 0.1) is 0 Å². The van der Waals surface area contributed by atoms with Gasteiger partial charge in [0.1, 0.15) is 0 Å². The average Bonchev–Trinajstić information content (AvgIpc) is 1.58. The lowest BCUT2D eigenvalue weighted by Gasteiger charge is -2.24. The monoisotopic (exact) mass is 202 g/mol. The molecule has 0 aliphatic rings. The first-order chi connectivity index (χ1) is 4.50. The van der Waals surface area contributed by atoms with Crippen LogP contribution in [0.1, 0.15) is 6.92 Å². The second-order valence-electron chi connectivity index (χ2n) is 1.96. The molecule has 0 heterocycles. The van der Waals surface area contributed by atoms with Gasteiger partial charge in [0.15, 0.2) is 0 Å². The van der Waals surface area contributed by atoms with Gasteiger partial charge in [0.05, 0.1) is 0 Å². The first-order valence-corrected chi connectivity index (χ1v) is 2.32. The van der Waals surface area contributed by atoms with Gasteiger partial charge in [0.25, 0.3) is 0 Å². The molecule has 0 aliphatic carbocycles. The number of rotatable bonds is 1. The molecule has 0 bridgehead atoms. The Morgan fingerprint density at radius 3 is 1.00 bits per heavy atom. The Hall–Kier alpha value is -0.530. The summed E-state index contributed by atoms with van der Waals surface area (Å²) in [5, 5.41) is 0. The molecule has 0 radical (unpaired) electrons. The van der Waals surface area contributed by atoms with Crippen molar-refractivity contribution in [2.24, 2.45) is 0 Å². The molecule has 0 fully saturated rings. The third-order valence-electron chi connectivity index (χ3n) is 0.907. The molecule has 0 aromatic heterocycles. The smallest absolute Gasteiger partial charge is 0.412 e. The summed E-state index contributed by atoms with van der Waals surface area (Å²) in [6, 6.07) is 0. The van der Waals surface area contributed by atoms with Crippen molar-refractivity contribution in [2.45, 2.75) is 24.9 Å². The Kier molecular flexibility index (Phi) is 3.59. The van der Waals surface area contributed by atoms with Gasteiger partial charge in [-0.3, -0.25) is 0 Å². The molecule has 2 N–H and O–H groups in total. The van der Waals surface area contributed by atoms with Crippen molar-refractivity contribution >= 4 is 0 Å². The first kappa shape index (κ1) is 14.0. The Bertz CT molecular complexity index is 126. The summed E-state index contributed by atoms with van der Waals surface area (Å²) in [4.78, 5) is 0. The molecule has 0 unspecified atom stereocenters. The maximum Gasteiger partial charge on any atom is 0.459 e. The van der Waals surface area contributed by atoms with Crippen LogP contribution in [0.15, 0.2) is 0 Å². The van der Waals surface area contributed by atoms with Crippen LogP contribution in [-0.2, 0) is 0 Å². The zero-order valence-corrected chi connectivity index (χ0v) is 5.65. The fourth-order valence-electron chi connectivity index (χ4n) is 0.249. The fraction of sp³-hybridized carbons (Fsp3) is 1.00. The molecule has 76 valence electrons. The molecule has 0 spiro atoms. The quantitative estimate of drug-likeness (QED) is 0.582. The molecular formula is C4H5F7O. The van der Waals surface area contributed by atoms with Gasteiger partial charge in [0.2, 0.25) is 0 Å². The Labute approximate surface area is 62.5 Å². The Morgan fingerprint density at radius 2 is 1.00 bits per heavy atom. The average molecular weight is 202 g/mol. The molecule has 8 heteroatoms. The highest BCUT2D eigenvalue weighted by Crippen LogP contribution is 2.45. The van der Waals surface area contributed by atoms with Crippen molar-refractivity contribution in [3.8, 4) is 0 Å². The zero-order chi connectivity index (χ0) is 9.50. The van der Waals surface area contributed by atoms with E-state index >= 15 is 0 Å². The minimum absolute atomic E-state index is 0. The predicted molar refractivity (Wildman–Crippen MR) is 25.2 cm³/mol. The molecule has 0 aromatic rings. The second kappa shape index (κ2) is 3.08. The molecule has 1 nitrogen and oxygen atoms in total. The van der Waals surface area contributed by atoms with Crippen molar-refractivity contribution in [1.29, 1.82) is 0 Å². The molecular weight excluding hydrogens is 197 g/mol. The molecule has 0 aromatic carbocycles. The highest BCUT2D eigenvalue weighted by molar-refractivity contribution is 4.87. The largest absolute Gasteiger partial charge is 0.459 e. The standard InChI is InChI=1S/C4H3F7.H2O/c1-2(5,6)3(7,8)4(9,10)11;/h1H3;1H2. The lowest BCUT2D eigenvalue weighted by atomic mass is 10.2. The summed E-state index contributed by atoms with van der Waals surface area (Å²) >= 11 is 0. The number of halogens is 7. The lowest BCUT2D eigenvalue weighted by Crippen LogP contribution is -2.50. The van der Waals surface area contributed by atoms with Crippen LogP contribution in [0.3, 0.4) is 0 Å². The molecule has 12 heavy (non-hydrogen) atoms. The number of hydrogen-bond acceptors (Lipinski definition) is 0. The third-order valence-corrected chi connectivity index (χ3v) is 0.907. The first-order valence-electron chi connectivity index (χ1n) is 2.32. The van der Waals surface area contributed by atoms with Gasteiger partial charge in [-0.15, -0.1) is 0 Å². The van der Waals surface area contributed by atoms with Gasteiger partial charge in [-0.25, -0.2) is 0 Å². The van der Waals surface area contributed by atoms with Crippen LogP contribution in [0.4, 0.5) is 30.7 Å². The summed E-state index contributed by atoms with van der Waals surface area (Å²) < 4.78 is 79.5. The SMILES string of the molecule is CC(F)(F)C(F)(F)C(F)(F)F.O. The topological polar surface area (TPSA) is 31.5 Å². The van der Waals surface area contributed by atoms with Crippen molar-refractivity contribution in [1.82, 2.24) is 0 Å². The second-order valence-corrected chi connectivity index (χ2v) is 1.96. The number of hydrogen-bond donors (Lipinski definition) is 0. The molecule has 0 rings (SSSR count). The van der Waals surface area contributed by atoms with Crippen molar-refractivity contribution in [2.75, 3.05) is 0 Å². The van der Waals surface area contributed by atoms with E-state index in [1.165, 1.54) is 0 Å². The van der Waals surface area contributed by atoms with Crippen LogP contribution in [-0.4, -0.2) is 23.5 Å². The van der Waals surface area contributed by atoms with Gasteiger partial charge in [0, 0.05) is 6.92 Å². The lowest BCUT2D eigenvalue weighted by molar-refractivity contribution is -0.349. The van der Waals surface area contributed by atoms with E-state index in [0.29, 0.717) is 0 Å². The Balaban J connectivity index is 0. The molecule has 0 atom stereocenters. The maximum absolute atomic E-state index is 11.6. The van der Waals surface area contributed by atoms with E-state index in [2.05, 4.69) is 0 Å². The summed E-state index contributed by atoms with van der Waals surface area (Å²) in [7, 11) is 0. The van der Waals surface area contributed by atoms with E-state index in [9.17, 15) is 30.7 Å². The van der Waals surface area contributed by atoms with Gasteiger partial charge in [-0.1, -0.05) is 0 Å². The van der Waals surface area contributed by atoms with Gasteiger partial charge < -0.3 is 5.48 Å². The highest BCUT2D eigenvalue weighted by Gasteiger charge is 2.70.